The van der Waals surface area contributed by atoms with Crippen molar-refractivity contribution < 1.29 is 19.2 Å². The first-order valence-electron chi connectivity index (χ1n) is 9.35. The normalized spacial score (nSPS) is 22.6. The summed E-state index contributed by atoms with van der Waals surface area (Å²) in [5.41, 5.74) is 0.611. The SMILES string of the molecule is O=C(c1cc(-c2ccccc2)on1)N1CCC2(CCCN(CCO)C2=O)C1. The summed E-state index contributed by atoms with van der Waals surface area (Å²) in [4.78, 5) is 29.2. The summed E-state index contributed by atoms with van der Waals surface area (Å²) in [5, 5.41) is 13.1. The third-order valence-corrected chi connectivity index (χ3v) is 5.62. The number of rotatable bonds is 4. The van der Waals surface area contributed by atoms with Gasteiger partial charge in [0.25, 0.3) is 5.91 Å². The van der Waals surface area contributed by atoms with Gasteiger partial charge in [-0.1, -0.05) is 35.5 Å². The molecule has 0 saturated carbocycles. The van der Waals surface area contributed by atoms with Gasteiger partial charge in [-0.15, -0.1) is 0 Å². The lowest BCUT2D eigenvalue weighted by Gasteiger charge is -2.39. The van der Waals surface area contributed by atoms with Crippen LogP contribution in [-0.2, 0) is 4.79 Å². The van der Waals surface area contributed by atoms with Crippen molar-refractivity contribution in [3.05, 3.63) is 42.1 Å². The average Bonchev–Trinajstić information content (AvgIpc) is 3.35. The molecule has 7 heteroatoms. The number of piperidine rings is 1. The van der Waals surface area contributed by atoms with Crippen LogP contribution in [0.4, 0.5) is 0 Å². The Balaban J connectivity index is 1.48. The summed E-state index contributed by atoms with van der Waals surface area (Å²) >= 11 is 0. The van der Waals surface area contributed by atoms with Crippen molar-refractivity contribution in [1.29, 1.82) is 0 Å². The van der Waals surface area contributed by atoms with Gasteiger partial charge in [0.2, 0.25) is 5.91 Å². The van der Waals surface area contributed by atoms with Gasteiger partial charge < -0.3 is 19.4 Å². The number of β-amino-alcohol motifs (C(OH)–C–C–N with tert-alkyl or cyclic N) is 1. The number of hydrogen-bond acceptors (Lipinski definition) is 5. The van der Waals surface area contributed by atoms with E-state index in [0.717, 1.165) is 18.4 Å². The van der Waals surface area contributed by atoms with Crippen LogP contribution in [0, 0.1) is 5.41 Å². The van der Waals surface area contributed by atoms with E-state index in [1.165, 1.54) is 0 Å². The summed E-state index contributed by atoms with van der Waals surface area (Å²) in [5.74, 6) is 0.406. The zero-order valence-corrected chi connectivity index (χ0v) is 15.1. The predicted octanol–water partition coefficient (Wildman–Crippen LogP) is 1.79. The molecule has 0 radical (unpaired) electrons. The van der Waals surface area contributed by atoms with Crippen molar-refractivity contribution in [2.24, 2.45) is 5.41 Å². The average molecular weight is 369 g/mol. The molecule has 2 amide bonds. The molecule has 0 bridgehead atoms. The Kier molecular flexibility index (Phi) is 4.70. The zero-order valence-electron chi connectivity index (χ0n) is 15.1. The van der Waals surface area contributed by atoms with Gasteiger partial charge in [-0.2, -0.15) is 0 Å². The molecule has 1 aromatic carbocycles. The molecule has 1 aromatic heterocycles. The highest BCUT2D eigenvalue weighted by Crippen LogP contribution is 2.40. The zero-order chi connectivity index (χ0) is 18.9. The molecule has 1 unspecified atom stereocenters. The molecule has 142 valence electrons. The first-order valence-corrected chi connectivity index (χ1v) is 9.35. The second-order valence-corrected chi connectivity index (χ2v) is 7.32. The first kappa shape index (κ1) is 17.7. The van der Waals surface area contributed by atoms with Crippen LogP contribution in [0.1, 0.15) is 29.8 Å². The topological polar surface area (TPSA) is 86.9 Å². The van der Waals surface area contributed by atoms with Gasteiger partial charge >= 0.3 is 0 Å². The monoisotopic (exact) mass is 369 g/mol. The van der Waals surface area contributed by atoms with E-state index in [4.69, 9.17) is 4.52 Å². The van der Waals surface area contributed by atoms with Crippen LogP contribution in [0.25, 0.3) is 11.3 Å². The molecule has 27 heavy (non-hydrogen) atoms. The lowest BCUT2D eigenvalue weighted by molar-refractivity contribution is -0.146. The van der Waals surface area contributed by atoms with E-state index in [-0.39, 0.29) is 24.1 Å². The van der Waals surface area contributed by atoms with Crippen LogP contribution in [0.5, 0.6) is 0 Å². The van der Waals surface area contributed by atoms with Crippen molar-refractivity contribution in [2.45, 2.75) is 19.3 Å². The molecule has 4 rings (SSSR count). The number of benzene rings is 1. The Morgan fingerprint density at radius 2 is 2.04 bits per heavy atom. The molecular formula is C20H23N3O4. The van der Waals surface area contributed by atoms with Gasteiger partial charge in [0.1, 0.15) is 0 Å². The fourth-order valence-electron chi connectivity index (χ4n) is 4.19. The second-order valence-electron chi connectivity index (χ2n) is 7.32. The fourth-order valence-corrected chi connectivity index (χ4v) is 4.19. The van der Waals surface area contributed by atoms with E-state index >= 15 is 0 Å². The van der Waals surface area contributed by atoms with Gasteiger partial charge in [-0.25, -0.2) is 0 Å². The standard InChI is InChI=1S/C20H23N3O4/c24-12-11-22-9-4-7-20(19(22)26)8-10-23(14-20)18(25)16-13-17(27-21-16)15-5-2-1-3-6-15/h1-3,5-6,13,24H,4,7-12,14H2. The minimum atomic E-state index is -0.519. The number of likely N-dealkylation sites (tertiary alicyclic amines) is 2. The third-order valence-electron chi connectivity index (χ3n) is 5.62. The van der Waals surface area contributed by atoms with Gasteiger partial charge in [0.05, 0.1) is 12.0 Å². The molecule has 2 fully saturated rings. The Hall–Kier alpha value is -2.67. The highest BCUT2D eigenvalue weighted by molar-refractivity contribution is 5.94. The van der Waals surface area contributed by atoms with Crippen molar-refractivity contribution in [3.8, 4) is 11.3 Å². The van der Waals surface area contributed by atoms with E-state index in [1.54, 1.807) is 15.9 Å². The molecule has 1 N–H and O–H groups in total. The van der Waals surface area contributed by atoms with Crippen molar-refractivity contribution in [3.63, 3.8) is 0 Å². The number of aromatic nitrogens is 1. The number of nitrogens with zero attached hydrogens (tertiary/aromatic N) is 3. The highest BCUT2D eigenvalue weighted by Gasteiger charge is 2.49. The van der Waals surface area contributed by atoms with Crippen molar-refractivity contribution in [2.75, 3.05) is 32.8 Å². The van der Waals surface area contributed by atoms with Crippen LogP contribution in [0.3, 0.4) is 0 Å². The minimum absolute atomic E-state index is 0.0360. The smallest absolute Gasteiger partial charge is 0.276 e. The second kappa shape index (κ2) is 7.15. The lowest BCUT2D eigenvalue weighted by Crippen LogP contribution is -2.51. The van der Waals surface area contributed by atoms with E-state index < -0.39 is 5.41 Å². The lowest BCUT2D eigenvalue weighted by atomic mass is 9.78. The van der Waals surface area contributed by atoms with E-state index in [9.17, 15) is 14.7 Å². The van der Waals surface area contributed by atoms with E-state index in [2.05, 4.69) is 5.16 Å². The molecule has 1 spiro atoms. The number of amides is 2. The summed E-state index contributed by atoms with van der Waals surface area (Å²) in [7, 11) is 0. The Morgan fingerprint density at radius 3 is 2.81 bits per heavy atom. The maximum atomic E-state index is 12.9. The third kappa shape index (κ3) is 3.23. The molecule has 7 nitrogen and oxygen atoms in total. The number of hydrogen-bond donors (Lipinski definition) is 1. The molecule has 0 aliphatic carbocycles. The van der Waals surface area contributed by atoms with Gasteiger partial charge in [-0.05, 0) is 19.3 Å². The maximum absolute atomic E-state index is 12.9. The van der Waals surface area contributed by atoms with Gasteiger partial charge in [0.15, 0.2) is 11.5 Å². The summed E-state index contributed by atoms with van der Waals surface area (Å²) in [6.07, 6.45) is 2.34. The quantitative estimate of drug-likeness (QED) is 0.888. The Labute approximate surface area is 157 Å². The molecule has 2 aliphatic heterocycles. The Bertz CT molecular complexity index is 833. The van der Waals surface area contributed by atoms with E-state index in [1.807, 2.05) is 30.3 Å². The molecule has 2 aliphatic rings. The first-order chi connectivity index (χ1) is 13.1. The largest absolute Gasteiger partial charge is 0.395 e. The predicted molar refractivity (Wildman–Crippen MR) is 97.8 cm³/mol. The molecule has 2 saturated heterocycles. The van der Waals surface area contributed by atoms with Gasteiger partial charge in [0, 0.05) is 37.8 Å². The number of carbonyl (C=O) groups excluding carboxylic acids is 2. The van der Waals surface area contributed by atoms with Crippen LogP contribution < -0.4 is 0 Å². The number of aliphatic hydroxyl groups excluding tert-OH is 1. The Morgan fingerprint density at radius 1 is 1.22 bits per heavy atom. The molecule has 2 aromatic rings. The van der Waals surface area contributed by atoms with Crippen LogP contribution in [-0.4, -0.2) is 64.7 Å². The van der Waals surface area contributed by atoms with Crippen LogP contribution in [0.15, 0.2) is 40.9 Å². The summed E-state index contributed by atoms with van der Waals surface area (Å²) in [6.45, 7) is 1.94. The van der Waals surface area contributed by atoms with Crippen molar-refractivity contribution >= 4 is 11.8 Å². The van der Waals surface area contributed by atoms with Crippen LogP contribution in [0.2, 0.25) is 0 Å². The summed E-state index contributed by atoms with van der Waals surface area (Å²) in [6, 6.07) is 11.2. The molecule has 3 heterocycles. The highest BCUT2D eigenvalue weighted by atomic mass is 16.5. The number of carbonyl (C=O) groups is 2. The number of aliphatic hydroxyl groups is 1. The molecular weight excluding hydrogens is 346 g/mol. The fraction of sp³-hybridized carbons (Fsp3) is 0.450. The van der Waals surface area contributed by atoms with E-state index in [0.29, 0.717) is 38.4 Å². The summed E-state index contributed by atoms with van der Waals surface area (Å²) < 4.78 is 5.34. The van der Waals surface area contributed by atoms with Gasteiger partial charge in [-0.3, -0.25) is 9.59 Å². The molecule has 1 atom stereocenters. The van der Waals surface area contributed by atoms with Crippen LogP contribution >= 0.6 is 0 Å². The minimum Gasteiger partial charge on any atom is -0.395 e. The maximum Gasteiger partial charge on any atom is 0.276 e. The van der Waals surface area contributed by atoms with Crippen molar-refractivity contribution in [1.82, 2.24) is 15.0 Å².